The average Bonchev–Trinajstić information content (AvgIpc) is 2.47. The van der Waals surface area contributed by atoms with Gasteiger partial charge in [0.1, 0.15) is 28.1 Å². The average molecular weight is 407 g/mol. The van der Waals surface area contributed by atoms with Gasteiger partial charge in [-0.1, -0.05) is 35.0 Å². The molecule has 2 aromatic rings. The molecule has 0 atom stereocenters. The fourth-order valence-corrected chi connectivity index (χ4v) is 2.88. The van der Waals surface area contributed by atoms with Crippen LogP contribution in [0.1, 0.15) is 5.56 Å². The van der Waals surface area contributed by atoms with Gasteiger partial charge in [-0.05, 0) is 28.3 Å². The highest BCUT2D eigenvalue weighted by Crippen LogP contribution is 2.43. The first kappa shape index (κ1) is 16.2. The molecule has 0 spiro atoms. The van der Waals surface area contributed by atoms with Gasteiger partial charge in [-0.15, -0.1) is 0 Å². The van der Waals surface area contributed by atoms with E-state index in [-0.39, 0.29) is 32.6 Å². The molecule has 0 fully saturated rings. The fourth-order valence-electron chi connectivity index (χ4n) is 1.61. The Balaban J connectivity index is 2.88. The maximum absolute atomic E-state index is 11.9. The minimum Gasteiger partial charge on any atom is -0.506 e. The lowest BCUT2D eigenvalue weighted by Gasteiger charge is -2.10. The van der Waals surface area contributed by atoms with E-state index in [1.165, 1.54) is 17.8 Å². The Labute approximate surface area is 142 Å². The Morgan fingerprint density at radius 2 is 2.14 bits per heavy atom. The number of rotatable bonds is 2. The van der Waals surface area contributed by atoms with E-state index in [0.717, 1.165) is 0 Å². The summed E-state index contributed by atoms with van der Waals surface area (Å²) in [6, 6.07) is 3.23. The van der Waals surface area contributed by atoms with E-state index in [1.54, 1.807) is 12.3 Å². The van der Waals surface area contributed by atoms with Gasteiger partial charge in [0.25, 0.3) is 5.56 Å². The Bertz CT molecular complexity index is 833. The Hall–Kier alpha value is -1.20. The molecule has 0 aliphatic rings. The second-order valence-electron chi connectivity index (χ2n) is 3.79. The lowest BCUT2D eigenvalue weighted by Crippen LogP contribution is -2.14. The number of benzene rings is 1. The molecule has 0 aliphatic carbocycles. The summed E-state index contributed by atoms with van der Waals surface area (Å²) in [4.78, 5) is 18.5. The van der Waals surface area contributed by atoms with Gasteiger partial charge in [0, 0.05) is 10.0 Å². The number of nitrogens with zero attached hydrogens (tertiary/aromatic N) is 2. The number of thioether (sulfide) groups is 1. The molecule has 2 N–H and O–H groups in total. The molecule has 1 heterocycles. The number of aromatic nitrogens is 2. The molecule has 9 heteroatoms. The third-order valence-corrected chi connectivity index (χ3v) is 4.89. The van der Waals surface area contributed by atoms with E-state index in [0.29, 0.717) is 9.63 Å². The number of halogens is 3. The van der Waals surface area contributed by atoms with Crippen LogP contribution in [0, 0.1) is 11.3 Å². The van der Waals surface area contributed by atoms with Crippen LogP contribution >= 0.6 is 50.9 Å². The zero-order valence-corrected chi connectivity index (χ0v) is 14.3. The summed E-state index contributed by atoms with van der Waals surface area (Å²) < 4.78 is 0.415. The van der Waals surface area contributed by atoms with Crippen LogP contribution < -0.4 is 5.56 Å². The highest BCUT2D eigenvalue weighted by Gasteiger charge is 2.21. The third kappa shape index (κ3) is 2.90. The van der Waals surface area contributed by atoms with Crippen LogP contribution in [0.5, 0.6) is 5.75 Å². The van der Waals surface area contributed by atoms with Gasteiger partial charge in [0.2, 0.25) is 0 Å². The molecule has 0 unspecified atom stereocenters. The highest BCUT2D eigenvalue weighted by molar-refractivity contribution is 9.10. The van der Waals surface area contributed by atoms with Gasteiger partial charge in [-0.2, -0.15) is 5.26 Å². The lowest BCUT2D eigenvalue weighted by atomic mass is 10.1. The molecule has 2 rings (SSSR count). The van der Waals surface area contributed by atoms with Crippen molar-refractivity contribution < 1.29 is 5.11 Å². The number of H-pyrrole nitrogens is 1. The van der Waals surface area contributed by atoms with Crippen LogP contribution in [-0.4, -0.2) is 21.3 Å². The first-order valence-corrected chi connectivity index (χ1v) is 8.13. The van der Waals surface area contributed by atoms with E-state index in [4.69, 9.17) is 28.5 Å². The molecule has 21 heavy (non-hydrogen) atoms. The lowest BCUT2D eigenvalue weighted by molar-refractivity contribution is 0.477. The van der Waals surface area contributed by atoms with Gasteiger partial charge in [0.15, 0.2) is 5.16 Å². The van der Waals surface area contributed by atoms with Crippen molar-refractivity contribution in [2.24, 2.45) is 0 Å². The van der Waals surface area contributed by atoms with E-state index < -0.39 is 5.56 Å². The van der Waals surface area contributed by atoms with E-state index >= 15 is 0 Å². The topological polar surface area (TPSA) is 89.8 Å². The van der Waals surface area contributed by atoms with Crippen LogP contribution in [0.3, 0.4) is 0 Å². The normalized spacial score (nSPS) is 10.4. The number of phenols is 1. The monoisotopic (exact) mass is 405 g/mol. The third-order valence-electron chi connectivity index (χ3n) is 2.59. The summed E-state index contributed by atoms with van der Waals surface area (Å²) in [6.45, 7) is 0. The summed E-state index contributed by atoms with van der Waals surface area (Å²) in [5, 5.41) is 19.6. The van der Waals surface area contributed by atoms with Crippen molar-refractivity contribution in [3.63, 3.8) is 0 Å². The summed E-state index contributed by atoms with van der Waals surface area (Å²) in [6.07, 6.45) is 1.72. The zero-order chi connectivity index (χ0) is 15.7. The maximum Gasteiger partial charge on any atom is 0.270 e. The summed E-state index contributed by atoms with van der Waals surface area (Å²) in [5.74, 6) is -0.341. The minimum atomic E-state index is -0.589. The van der Waals surface area contributed by atoms with Crippen LogP contribution in [0.4, 0.5) is 0 Å². The minimum absolute atomic E-state index is 0.0439. The van der Waals surface area contributed by atoms with Crippen molar-refractivity contribution in [3.05, 3.63) is 36.5 Å². The number of nitrogens with one attached hydrogen (secondary N) is 1. The Morgan fingerprint density at radius 3 is 2.71 bits per heavy atom. The van der Waals surface area contributed by atoms with Gasteiger partial charge in [-0.3, -0.25) is 4.79 Å². The maximum atomic E-state index is 11.9. The SMILES string of the molecule is CSc1nc(-c2cc(Br)c(Cl)c(Cl)c2O)c(C#N)c(=O)[nH]1. The number of aromatic hydroxyl groups is 1. The zero-order valence-electron chi connectivity index (χ0n) is 10.4. The fraction of sp³-hybridized carbons (Fsp3) is 0.0833. The molecular formula is C12H6BrCl2N3O2S. The molecule has 1 aromatic heterocycles. The molecule has 0 bridgehead atoms. The first-order valence-electron chi connectivity index (χ1n) is 5.36. The van der Waals surface area contributed by atoms with Crippen LogP contribution in [-0.2, 0) is 0 Å². The molecule has 0 amide bonds. The molecule has 0 aliphatic heterocycles. The van der Waals surface area contributed by atoms with Crippen molar-refractivity contribution in [1.29, 1.82) is 5.26 Å². The molecule has 5 nitrogen and oxygen atoms in total. The second-order valence-corrected chi connectivity index (χ2v) is 6.20. The standard InChI is InChI=1S/C12H6BrCl2N3O2S/c1-21-12-17-9(5(3-16)11(20)18-12)4-2-6(13)7(14)8(15)10(4)19/h2,19H,1H3,(H,17,18,20). The second kappa shape index (κ2) is 6.28. The molecule has 108 valence electrons. The van der Waals surface area contributed by atoms with E-state index in [2.05, 4.69) is 25.9 Å². The number of nitriles is 1. The molecule has 0 saturated heterocycles. The molecular weight excluding hydrogens is 401 g/mol. The molecule has 0 radical (unpaired) electrons. The summed E-state index contributed by atoms with van der Waals surface area (Å²) in [7, 11) is 0. The smallest absolute Gasteiger partial charge is 0.270 e. The predicted molar refractivity (Wildman–Crippen MR) is 86.2 cm³/mol. The van der Waals surface area contributed by atoms with Crippen molar-refractivity contribution in [1.82, 2.24) is 9.97 Å². The van der Waals surface area contributed by atoms with Crippen LogP contribution in [0.2, 0.25) is 10.0 Å². The highest BCUT2D eigenvalue weighted by atomic mass is 79.9. The molecule has 1 aromatic carbocycles. The molecule has 0 saturated carbocycles. The summed E-state index contributed by atoms with van der Waals surface area (Å²) >= 11 is 16.2. The van der Waals surface area contributed by atoms with Gasteiger partial charge in [-0.25, -0.2) is 4.98 Å². The van der Waals surface area contributed by atoms with Gasteiger partial charge in [0.05, 0.1) is 5.02 Å². The van der Waals surface area contributed by atoms with E-state index in [1.807, 2.05) is 0 Å². The Kier molecular flexibility index (Phi) is 4.84. The van der Waals surface area contributed by atoms with Crippen molar-refractivity contribution in [3.8, 4) is 23.1 Å². The predicted octanol–water partition coefficient (Wildman–Crippen LogP) is 3.81. The number of aromatic amines is 1. The quantitative estimate of drug-likeness (QED) is 0.449. The van der Waals surface area contributed by atoms with Crippen LogP contribution in [0.15, 0.2) is 20.5 Å². The first-order chi connectivity index (χ1) is 9.90. The van der Waals surface area contributed by atoms with Crippen molar-refractivity contribution in [2.45, 2.75) is 5.16 Å². The number of hydrogen-bond acceptors (Lipinski definition) is 5. The Morgan fingerprint density at radius 1 is 1.48 bits per heavy atom. The van der Waals surface area contributed by atoms with E-state index in [9.17, 15) is 9.90 Å². The van der Waals surface area contributed by atoms with Gasteiger partial charge >= 0.3 is 0 Å². The summed E-state index contributed by atoms with van der Waals surface area (Å²) in [5.41, 5.74) is -0.613. The number of hydrogen-bond donors (Lipinski definition) is 2. The largest absolute Gasteiger partial charge is 0.506 e. The number of phenolic OH excluding ortho intramolecular Hbond substituents is 1. The van der Waals surface area contributed by atoms with Crippen LogP contribution in [0.25, 0.3) is 11.3 Å². The van der Waals surface area contributed by atoms with Crippen molar-refractivity contribution in [2.75, 3.05) is 6.26 Å². The van der Waals surface area contributed by atoms with Gasteiger partial charge < -0.3 is 10.1 Å². The van der Waals surface area contributed by atoms with Crippen molar-refractivity contribution >= 4 is 50.9 Å².